The van der Waals surface area contributed by atoms with Crippen molar-refractivity contribution in [2.75, 3.05) is 23.0 Å². The Morgan fingerprint density at radius 1 is 1.00 bits per heavy atom. The second-order valence-electron chi connectivity index (χ2n) is 6.85. The van der Waals surface area contributed by atoms with Crippen molar-refractivity contribution in [3.63, 3.8) is 0 Å². The Labute approximate surface area is 158 Å². The van der Waals surface area contributed by atoms with Crippen LogP contribution in [0.3, 0.4) is 0 Å². The summed E-state index contributed by atoms with van der Waals surface area (Å²) < 4.78 is 24.7. The molecule has 0 saturated carbocycles. The highest BCUT2D eigenvalue weighted by atomic mass is 35.5. The van der Waals surface area contributed by atoms with E-state index in [1.165, 1.54) is 0 Å². The van der Waals surface area contributed by atoms with E-state index in [2.05, 4.69) is 0 Å². The Hall–Kier alpha value is -1.89. The van der Waals surface area contributed by atoms with E-state index in [0.717, 1.165) is 5.56 Å². The zero-order valence-electron chi connectivity index (χ0n) is 14.1. The first-order valence-corrected chi connectivity index (χ1v) is 10.7. The molecule has 4 rings (SSSR count). The van der Waals surface area contributed by atoms with Crippen LogP contribution in [0.4, 0.5) is 5.69 Å². The van der Waals surface area contributed by atoms with E-state index in [0.29, 0.717) is 17.3 Å². The number of benzene rings is 2. The molecule has 2 heterocycles. The van der Waals surface area contributed by atoms with E-state index in [4.69, 9.17) is 11.6 Å². The number of nitrogens with zero attached hydrogens (tertiary/aromatic N) is 2. The minimum Gasteiger partial charge on any atom is -0.306 e. The molecule has 0 aromatic heterocycles. The van der Waals surface area contributed by atoms with E-state index < -0.39 is 9.84 Å². The smallest absolute Gasteiger partial charge is 0.241 e. The van der Waals surface area contributed by atoms with Crippen molar-refractivity contribution in [3.05, 3.63) is 65.2 Å². The third-order valence-electron chi connectivity index (χ3n) is 5.02. The molecule has 2 aliphatic rings. The third-order valence-corrected chi connectivity index (χ3v) is 6.95. The van der Waals surface area contributed by atoms with Crippen LogP contribution >= 0.6 is 11.6 Å². The molecule has 0 radical (unpaired) electrons. The lowest BCUT2D eigenvalue weighted by molar-refractivity contribution is -0.123. The van der Waals surface area contributed by atoms with Gasteiger partial charge in [0.2, 0.25) is 5.91 Å². The average molecular weight is 391 g/mol. The normalized spacial score (nSPS) is 25.3. The summed E-state index contributed by atoms with van der Waals surface area (Å²) in [5.74, 6) is -0.0303. The summed E-state index contributed by atoms with van der Waals surface area (Å²) in [5, 5.41) is 0.527. The topological polar surface area (TPSA) is 57.7 Å². The fourth-order valence-electron chi connectivity index (χ4n) is 3.91. The molecule has 2 saturated heterocycles. The van der Waals surface area contributed by atoms with Crippen LogP contribution < -0.4 is 4.90 Å². The van der Waals surface area contributed by atoms with Gasteiger partial charge in [-0.3, -0.25) is 9.69 Å². The van der Waals surface area contributed by atoms with Gasteiger partial charge < -0.3 is 4.90 Å². The number of amides is 1. The molecule has 2 fully saturated rings. The summed E-state index contributed by atoms with van der Waals surface area (Å²) in [5.41, 5.74) is 1.73. The van der Waals surface area contributed by atoms with Crippen LogP contribution in [0.15, 0.2) is 54.6 Å². The first-order valence-electron chi connectivity index (χ1n) is 8.49. The molecule has 2 aromatic carbocycles. The molecule has 0 bridgehead atoms. The molecular weight excluding hydrogens is 372 g/mol. The Kier molecular flexibility index (Phi) is 4.50. The van der Waals surface area contributed by atoms with E-state index in [1.54, 1.807) is 29.2 Å². The maximum Gasteiger partial charge on any atom is 0.241 e. The lowest BCUT2D eigenvalue weighted by Crippen LogP contribution is -2.61. The summed E-state index contributed by atoms with van der Waals surface area (Å²) in [7, 11) is -3.20. The second-order valence-corrected chi connectivity index (χ2v) is 9.44. The first-order chi connectivity index (χ1) is 12.4. The summed E-state index contributed by atoms with van der Waals surface area (Å²) in [6.07, 6.45) is 0. The molecule has 2 atom stereocenters. The Balaban J connectivity index is 1.68. The highest BCUT2D eigenvalue weighted by Gasteiger charge is 2.49. The van der Waals surface area contributed by atoms with Gasteiger partial charge in [-0.15, -0.1) is 0 Å². The fourth-order valence-corrected chi connectivity index (χ4v) is 6.08. The van der Waals surface area contributed by atoms with Crippen LogP contribution in [-0.4, -0.2) is 49.4 Å². The van der Waals surface area contributed by atoms with Crippen LogP contribution in [0.1, 0.15) is 5.56 Å². The Bertz CT molecular complexity index is 933. The van der Waals surface area contributed by atoms with Crippen LogP contribution in [0.2, 0.25) is 5.02 Å². The van der Waals surface area contributed by atoms with Crippen molar-refractivity contribution in [3.8, 4) is 0 Å². The maximum absolute atomic E-state index is 12.9. The number of carbonyl (C=O) groups excluding carboxylic acids is 1. The van der Waals surface area contributed by atoms with Gasteiger partial charge in [0.05, 0.1) is 24.1 Å². The van der Waals surface area contributed by atoms with Gasteiger partial charge in [-0.25, -0.2) is 8.42 Å². The third kappa shape index (κ3) is 3.37. The van der Waals surface area contributed by atoms with Crippen molar-refractivity contribution in [2.45, 2.75) is 18.6 Å². The number of hydrogen-bond donors (Lipinski definition) is 0. The van der Waals surface area contributed by atoms with E-state index in [-0.39, 0.29) is 36.0 Å². The summed E-state index contributed by atoms with van der Waals surface area (Å²) in [6.45, 7) is 0.755. The number of rotatable bonds is 3. The quantitative estimate of drug-likeness (QED) is 0.807. The van der Waals surface area contributed by atoms with E-state index >= 15 is 0 Å². The zero-order chi connectivity index (χ0) is 18.3. The molecule has 1 amide bonds. The van der Waals surface area contributed by atoms with Gasteiger partial charge in [0.1, 0.15) is 0 Å². The monoisotopic (exact) mass is 390 g/mol. The highest BCUT2D eigenvalue weighted by Crippen LogP contribution is 2.33. The predicted molar refractivity (Wildman–Crippen MR) is 102 cm³/mol. The number of sulfone groups is 1. The summed E-state index contributed by atoms with van der Waals surface area (Å²) in [4.78, 5) is 16.5. The summed E-state index contributed by atoms with van der Waals surface area (Å²) >= 11 is 6.08. The molecule has 2 aromatic rings. The van der Waals surface area contributed by atoms with Gasteiger partial charge in [0.25, 0.3) is 0 Å². The van der Waals surface area contributed by atoms with Crippen molar-refractivity contribution in [1.29, 1.82) is 0 Å². The Morgan fingerprint density at radius 3 is 2.46 bits per heavy atom. The molecule has 26 heavy (non-hydrogen) atoms. The standard InChI is InChI=1S/C19H19ClN2O3S/c20-15-7-4-8-16(9-15)22-18-13-26(24,25)12-17(18)21(11-19(22)23)10-14-5-2-1-3-6-14/h1-9,17-18H,10-13H2/t17-,18+/m0/s1. The van der Waals surface area contributed by atoms with E-state index in [9.17, 15) is 13.2 Å². The zero-order valence-corrected chi connectivity index (χ0v) is 15.7. The van der Waals surface area contributed by atoms with E-state index in [1.807, 2.05) is 35.2 Å². The SMILES string of the molecule is O=C1CN(Cc2ccccc2)[C@H]2CS(=O)(=O)C[C@H]2N1c1cccc(Cl)c1. The van der Waals surface area contributed by atoms with Gasteiger partial charge >= 0.3 is 0 Å². The summed E-state index contributed by atoms with van der Waals surface area (Å²) in [6, 6.07) is 16.3. The molecule has 2 aliphatic heterocycles. The Morgan fingerprint density at radius 2 is 1.73 bits per heavy atom. The van der Waals surface area contributed by atoms with Crippen LogP contribution in [0.25, 0.3) is 0 Å². The number of hydrogen-bond acceptors (Lipinski definition) is 4. The van der Waals surface area contributed by atoms with Crippen LogP contribution in [-0.2, 0) is 21.2 Å². The van der Waals surface area contributed by atoms with Gasteiger partial charge in [-0.2, -0.15) is 0 Å². The maximum atomic E-state index is 12.9. The number of carbonyl (C=O) groups is 1. The van der Waals surface area contributed by atoms with Gasteiger partial charge in [-0.05, 0) is 23.8 Å². The fraction of sp³-hybridized carbons (Fsp3) is 0.316. The number of anilines is 1. The minimum absolute atomic E-state index is 0.0127. The van der Waals surface area contributed by atoms with Crippen LogP contribution in [0.5, 0.6) is 0 Å². The minimum atomic E-state index is -3.20. The molecular formula is C19H19ClN2O3S. The lowest BCUT2D eigenvalue weighted by atomic mass is 10.0. The number of piperazine rings is 1. The number of fused-ring (bicyclic) bond motifs is 1. The molecule has 0 aliphatic carbocycles. The van der Waals surface area contributed by atoms with Crippen molar-refractivity contribution >= 4 is 33.0 Å². The molecule has 0 spiro atoms. The number of halogens is 1. The largest absolute Gasteiger partial charge is 0.306 e. The highest BCUT2D eigenvalue weighted by molar-refractivity contribution is 7.91. The first kappa shape index (κ1) is 17.5. The van der Waals surface area contributed by atoms with Crippen molar-refractivity contribution in [1.82, 2.24) is 4.90 Å². The molecule has 5 nitrogen and oxygen atoms in total. The molecule has 0 unspecified atom stereocenters. The van der Waals surface area contributed by atoms with Crippen molar-refractivity contribution in [2.24, 2.45) is 0 Å². The second kappa shape index (κ2) is 6.68. The van der Waals surface area contributed by atoms with Crippen LogP contribution in [0, 0.1) is 0 Å². The van der Waals surface area contributed by atoms with Gasteiger partial charge in [0, 0.05) is 23.3 Å². The molecule has 136 valence electrons. The molecule has 0 N–H and O–H groups in total. The predicted octanol–water partition coefficient (Wildman–Crippen LogP) is 2.35. The lowest BCUT2D eigenvalue weighted by Gasteiger charge is -2.43. The average Bonchev–Trinajstić information content (AvgIpc) is 2.91. The van der Waals surface area contributed by atoms with Gasteiger partial charge in [-0.1, -0.05) is 48.0 Å². The molecule has 7 heteroatoms. The van der Waals surface area contributed by atoms with Gasteiger partial charge in [0.15, 0.2) is 9.84 Å². The van der Waals surface area contributed by atoms with Crippen molar-refractivity contribution < 1.29 is 13.2 Å².